The number of hydrogen-bond donors (Lipinski definition) is 1. The fraction of sp³-hybridized carbons (Fsp3) is 1.00. The van der Waals surface area contributed by atoms with Gasteiger partial charge in [0.2, 0.25) is 0 Å². The first-order chi connectivity index (χ1) is 9.42. The van der Waals surface area contributed by atoms with Crippen molar-refractivity contribution in [2.75, 3.05) is 37.7 Å². The summed E-state index contributed by atoms with van der Waals surface area (Å²) in [6.45, 7) is 5.22. The van der Waals surface area contributed by atoms with Crippen LogP contribution in [0.5, 0.6) is 0 Å². The predicted octanol–water partition coefficient (Wildman–Crippen LogP) is 2.98. The Kier molecular flexibility index (Phi) is 5.48. The first kappa shape index (κ1) is 14.2. The quantitative estimate of drug-likeness (QED) is 0.857. The van der Waals surface area contributed by atoms with Crippen LogP contribution in [0.4, 0.5) is 0 Å². The van der Waals surface area contributed by atoms with Gasteiger partial charge >= 0.3 is 0 Å². The maximum absolute atomic E-state index is 3.81. The average Bonchev–Trinajstić information content (AvgIpc) is 2.49. The van der Waals surface area contributed by atoms with Crippen LogP contribution in [0.3, 0.4) is 0 Å². The first-order valence-corrected chi connectivity index (χ1v) is 9.61. The van der Waals surface area contributed by atoms with Gasteiger partial charge in [0.1, 0.15) is 0 Å². The maximum Gasteiger partial charge on any atom is 0.0223 e. The minimum atomic E-state index is 0.798. The summed E-state index contributed by atoms with van der Waals surface area (Å²) in [5.41, 5.74) is 0. The van der Waals surface area contributed by atoms with Crippen LogP contribution in [0, 0.1) is 11.8 Å². The normalized spacial score (nSPS) is 32.5. The Morgan fingerprint density at radius 3 is 2.58 bits per heavy atom. The van der Waals surface area contributed by atoms with Crippen LogP contribution >= 0.6 is 11.8 Å². The fourth-order valence-corrected chi connectivity index (χ4v) is 5.36. The summed E-state index contributed by atoms with van der Waals surface area (Å²) in [6.07, 6.45) is 10.3. The summed E-state index contributed by atoms with van der Waals surface area (Å²) in [6, 6.07) is 0.798. The van der Waals surface area contributed by atoms with Gasteiger partial charge in [0.25, 0.3) is 0 Å². The van der Waals surface area contributed by atoms with E-state index >= 15 is 0 Å². The monoisotopic (exact) mass is 282 g/mol. The molecule has 2 saturated heterocycles. The fourth-order valence-electron chi connectivity index (χ4n) is 4.15. The van der Waals surface area contributed by atoms with E-state index < -0.39 is 0 Å². The van der Waals surface area contributed by atoms with Crippen LogP contribution < -0.4 is 5.32 Å². The molecule has 2 aliphatic heterocycles. The van der Waals surface area contributed by atoms with Crippen molar-refractivity contribution in [3.8, 4) is 0 Å². The van der Waals surface area contributed by atoms with E-state index in [2.05, 4.69) is 22.0 Å². The molecule has 3 aliphatic rings. The van der Waals surface area contributed by atoms with Crippen molar-refractivity contribution in [3.63, 3.8) is 0 Å². The summed E-state index contributed by atoms with van der Waals surface area (Å²) in [4.78, 5) is 2.77. The largest absolute Gasteiger partial charge is 0.311 e. The number of piperazine rings is 1. The lowest BCUT2D eigenvalue weighted by Crippen LogP contribution is -2.55. The second-order valence-corrected chi connectivity index (χ2v) is 8.00. The molecule has 19 heavy (non-hydrogen) atoms. The SMILES string of the molecule is C1CCC(C2CN(CC3CCSCC3)CCN2)CC1. The van der Waals surface area contributed by atoms with E-state index in [9.17, 15) is 0 Å². The van der Waals surface area contributed by atoms with Gasteiger partial charge in [0, 0.05) is 32.2 Å². The van der Waals surface area contributed by atoms with Crippen molar-refractivity contribution in [3.05, 3.63) is 0 Å². The molecule has 1 saturated carbocycles. The van der Waals surface area contributed by atoms with Gasteiger partial charge in [-0.3, -0.25) is 0 Å². The Balaban J connectivity index is 1.46. The summed E-state index contributed by atoms with van der Waals surface area (Å²) >= 11 is 2.15. The predicted molar refractivity (Wildman–Crippen MR) is 84.9 cm³/mol. The summed E-state index contributed by atoms with van der Waals surface area (Å²) in [5, 5.41) is 3.81. The Morgan fingerprint density at radius 2 is 1.79 bits per heavy atom. The Morgan fingerprint density at radius 1 is 1.00 bits per heavy atom. The van der Waals surface area contributed by atoms with E-state index in [1.54, 1.807) is 0 Å². The van der Waals surface area contributed by atoms with Gasteiger partial charge in [0.05, 0.1) is 0 Å². The molecule has 1 N–H and O–H groups in total. The molecule has 0 aromatic carbocycles. The average molecular weight is 282 g/mol. The van der Waals surface area contributed by atoms with Crippen LogP contribution in [0.2, 0.25) is 0 Å². The molecule has 0 amide bonds. The van der Waals surface area contributed by atoms with Gasteiger partial charge in [-0.1, -0.05) is 19.3 Å². The van der Waals surface area contributed by atoms with Crippen molar-refractivity contribution in [1.82, 2.24) is 10.2 Å². The highest BCUT2D eigenvalue weighted by Crippen LogP contribution is 2.29. The van der Waals surface area contributed by atoms with Gasteiger partial charge in [0.15, 0.2) is 0 Å². The molecule has 3 heteroatoms. The lowest BCUT2D eigenvalue weighted by Gasteiger charge is -2.40. The number of hydrogen-bond acceptors (Lipinski definition) is 3. The summed E-state index contributed by atoms with van der Waals surface area (Å²) in [5.74, 6) is 4.77. The van der Waals surface area contributed by atoms with Crippen LogP contribution in [-0.4, -0.2) is 48.6 Å². The van der Waals surface area contributed by atoms with Crippen LogP contribution in [-0.2, 0) is 0 Å². The molecule has 1 unspecified atom stereocenters. The molecule has 2 heterocycles. The third kappa shape index (κ3) is 4.12. The molecule has 3 fully saturated rings. The molecule has 0 aromatic heterocycles. The molecule has 3 rings (SSSR count). The van der Waals surface area contributed by atoms with Gasteiger partial charge in [-0.2, -0.15) is 11.8 Å². The van der Waals surface area contributed by atoms with Gasteiger partial charge in [-0.25, -0.2) is 0 Å². The molecule has 110 valence electrons. The van der Waals surface area contributed by atoms with Crippen molar-refractivity contribution >= 4 is 11.8 Å². The highest BCUT2D eigenvalue weighted by atomic mass is 32.2. The maximum atomic E-state index is 3.81. The highest BCUT2D eigenvalue weighted by molar-refractivity contribution is 7.99. The molecular formula is C16H30N2S. The molecular weight excluding hydrogens is 252 g/mol. The summed E-state index contributed by atoms with van der Waals surface area (Å²) in [7, 11) is 0. The standard InChI is InChI=1S/C16H30N2S/c1-2-4-15(5-3-1)16-13-18(9-8-17-16)12-14-6-10-19-11-7-14/h14-17H,1-13H2. The molecule has 0 spiro atoms. The number of thioether (sulfide) groups is 1. The minimum absolute atomic E-state index is 0.798. The van der Waals surface area contributed by atoms with E-state index in [4.69, 9.17) is 0 Å². The van der Waals surface area contributed by atoms with Crippen molar-refractivity contribution in [2.45, 2.75) is 51.0 Å². The summed E-state index contributed by atoms with van der Waals surface area (Å²) < 4.78 is 0. The van der Waals surface area contributed by atoms with Crippen molar-refractivity contribution < 1.29 is 0 Å². The van der Waals surface area contributed by atoms with E-state index in [1.807, 2.05) is 0 Å². The Hall–Kier alpha value is 0.270. The first-order valence-electron chi connectivity index (χ1n) is 8.45. The van der Waals surface area contributed by atoms with Gasteiger partial charge in [-0.15, -0.1) is 0 Å². The lowest BCUT2D eigenvalue weighted by atomic mass is 9.83. The van der Waals surface area contributed by atoms with Crippen LogP contribution in [0.25, 0.3) is 0 Å². The lowest BCUT2D eigenvalue weighted by molar-refractivity contribution is 0.128. The number of nitrogens with zero attached hydrogens (tertiary/aromatic N) is 1. The zero-order valence-corrected chi connectivity index (χ0v) is 13.1. The van der Waals surface area contributed by atoms with E-state index in [1.165, 1.54) is 82.6 Å². The van der Waals surface area contributed by atoms with Crippen molar-refractivity contribution in [2.24, 2.45) is 11.8 Å². The minimum Gasteiger partial charge on any atom is -0.311 e. The van der Waals surface area contributed by atoms with E-state index in [0.29, 0.717) is 0 Å². The molecule has 1 aliphatic carbocycles. The van der Waals surface area contributed by atoms with Gasteiger partial charge in [-0.05, 0) is 49.0 Å². The molecule has 0 radical (unpaired) electrons. The number of nitrogens with one attached hydrogen (secondary N) is 1. The third-order valence-corrected chi connectivity index (χ3v) is 6.41. The molecule has 0 bridgehead atoms. The second kappa shape index (κ2) is 7.33. The molecule has 0 aromatic rings. The van der Waals surface area contributed by atoms with Crippen LogP contribution in [0.15, 0.2) is 0 Å². The second-order valence-electron chi connectivity index (χ2n) is 6.77. The van der Waals surface area contributed by atoms with Crippen molar-refractivity contribution in [1.29, 1.82) is 0 Å². The van der Waals surface area contributed by atoms with Gasteiger partial charge < -0.3 is 10.2 Å². The smallest absolute Gasteiger partial charge is 0.0223 e. The number of rotatable bonds is 3. The molecule has 2 nitrogen and oxygen atoms in total. The third-order valence-electron chi connectivity index (χ3n) is 5.37. The van der Waals surface area contributed by atoms with Crippen LogP contribution in [0.1, 0.15) is 44.9 Å². The Labute approximate surface area is 123 Å². The highest BCUT2D eigenvalue weighted by Gasteiger charge is 2.29. The van der Waals surface area contributed by atoms with E-state index in [-0.39, 0.29) is 0 Å². The Bertz CT molecular complexity index is 259. The molecule has 1 atom stereocenters. The zero-order valence-electron chi connectivity index (χ0n) is 12.3. The zero-order chi connectivity index (χ0) is 12.9. The van der Waals surface area contributed by atoms with E-state index in [0.717, 1.165) is 17.9 Å². The topological polar surface area (TPSA) is 15.3 Å².